The van der Waals surface area contributed by atoms with Crippen LogP contribution in [0.3, 0.4) is 0 Å². The Morgan fingerprint density at radius 1 is 1.33 bits per heavy atom. The van der Waals surface area contributed by atoms with Crippen LogP contribution >= 0.6 is 11.8 Å². The van der Waals surface area contributed by atoms with Gasteiger partial charge in [0, 0.05) is 18.3 Å². The number of thioether (sulfide) groups is 1. The van der Waals surface area contributed by atoms with Crippen LogP contribution in [0.5, 0.6) is 0 Å². The average molecular weight is 223 g/mol. The topological polar surface area (TPSA) is 12.0 Å². The molecule has 84 valence electrons. The Hall–Kier alpha value is -0.470. The molecule has 0 spiro atoms. The Morgan fingerprint density at radius 2 is 2.07 bits per heavy atom. The summed E-state index contributed by atoms with van der Waals surface area (Å²) in [4.78, 5) is 0. The van der Waals surface area contributed by atoms with Gasteiger partial charge in [-0.2, -0.15) is 11.8 Å². The zero-order chi connectivity index (χ0) is 11.3. The maximum Gasteiger partial charge on any atom is 0.0211 e. The van der Waals surface area contributed by atoms with Crippen LogP contribution in [0.1, 0.15) is 23.6 Å². The van der Waals surface area contributed by atoms with Crippen LogP contribution in [0, 0.1) is 13.8 Å². The third-order valence-corrected chi connectivity index (χ3v) is 3.61. The summed E-state index contributed by atoms with van der Waals surface area (Å²) in [5.41, 5.74) is 4.22. The van der Waals surface area contributed by atoms with Crippen LogP contribution in [0.4, 0.5) is 0 Å². The lowest BCUT2D eigenvalue weighted by Gasteiger charge is -2.14. The fraction of sp³-hybridized carbons (Fsp3) is 0.538. The fourth-order valence-electron chi connectivity index (χ4n) is 1.60. The molecule has 15 heavy (non-hydrogen) atoms. The van der Waals surface area contributed by atoms with Crippen molar-refractivity contribution in [2.75, 3.05) is 12.0 Å². The van der Waals surface area contributed by atoms with E-state index < -0.39 is 0 Å². The molecular weight excluding hydrogens is 202 g/mol. The van der Waals surface area contributed by atoms with Gasteiger partial charge in [0.05, 0.1) is 0 Å². The molecule has 0 saturated heterocycles. The van der Waals surface area contributed by atoms with Crippen molar-refractivity contribution >= 4 is 11.8 Å². The highest BCUT2D eigenvalue weighted by atomic mass is 32.2. The number of hydrogen-bond donors (Lipinski definition) is 1. The van der Waals surface area contributed by atoms with Gasteiger partial charge in [-0.3, -0.25) is 0 Å². The van der Waals surface area contributed by atoms with Gasteiger partial charge in [-0.15, -0.1) is 0 Å². The van der Waals surface area contributed by atoms with Crippen molar-refractivity contribution in [1.82, 2.24) is 5.32 Å². The van der Waals surface area contributed by atoms with E-state index in [1.807, 2.05) is 11.8 Å². The second kappa shape index (κ2) is 6.19. The molecular formula is C13H21NS. The summed E-state index contributed by atoms with van der Waals surface area (Å²) >= 11 is 1.89. The van der Waals surface area contributed by atoms with Crippen molar-refractivity contribution < 1.29 is 0 Å². The summed E-state index contributed by atoms with van der Waals surface area (Å²) in [5.74, 6) is 1.17. The van der Waals surface area contributed by atoms with Gasteiger partial charge in [-0.25, -0.2) is 0 Å². The van der Waals surface area contributed by atoms with Crippen LogP contribution < -0.4 is 5.32 Å². The fourth-order valence-corrected chi connectivity index (χ4v) is 2.21. The minimum absolute atomic E-state index is 0.583. The van der Waals surface area contributed by atoms with Gasteiger partial charge >= 0.3 is 0 Å². The van der Waals surface area contributed by atoms with Crippen molar-refractivity contribution in [2.24, 2.45) is 0 Å². The predicted octanol–water partition coefficient (Wildman–Crippen LogP) is 3.14. The molecule has 0 aliphatic heterocycles. The molecule has 1 rings (SSSR count). The Labute approximate surface area is 97.7 Å². The number of nitrogens with one attached hydrogen (secondary N) is 1. The first-order valence-corrected chi connectivity index (χ1v) is 6.82. The van der Waals surface area contributed by atoms with E-state index in [0.717, 1.165) is 6.54 Å². The summed E-state index contributed by atoms with van der Waals surface area (Å²) in [7, 11) is 0. The van der Waals surface area contributed by atoms with Crippen LogP contribution in [0.25, 0.3) is 0 Å². The van der Waals surface area contributed by atoms with E-state index in [9.17, 15) is 0 Å². The van der Waals surface area contributed by atoms with Crippen LogP contribution in [0.15, 0.2) is 18.2 Å². The summed E-state index contributed by atoms with van der Waals surface area (Å²) in [5, 5.41) is 3.55. The van der Waals surface area contributed by atoms with Gasteiger partial charge in [0.25, 0.3) is 0 Å². The van der Waals surface area contributed by atoms with E-state index >= 15 is 0 Å². The normalized spacial score (nSPS) is 12.8. The molecule has 0 heterocycles. The van der Waals surface area contributed by atoms with E-state index in [-0.39, 0.29) is 0 Å². The van der Waals surface area contributed by atoms with E-state index in [2.05, 4.69) is 50.5 Å². The van der Waals surface area contributed by atoms with E-state index in [0.29, 0.717) is 6.04 Å². The van der Waals surface area contributed by atoms with Crippen molar-refractivity contribution in [2.45, 2.75) is 33.4 Å². The Bertz CT molecular complexity index is 309. The van der Waals surface area contributed by atoms with Gasteiger partial charge in [-0.1, -0.05) is 18.2 Å². The molecule has 1 aromatic carbocycles. The summed E-state index contributed by atoms with van der Waals surface area (Å²) in [6, 6.07) is 7.10. The molecule has 0 amide bonds. The molecule has 0 bridgehead atoms. The SMILES string of the molecule is CSCC(C)NCc1cccc(C)c1C. The molecule has 0 fully saturated rings. The average Bonchev–Trinajstić information content (AvgIpc) is 2.21. The molecule has 0 saturated carbocycles. The monoisotopic (exact) mass is 223 g/mol. The van der Waals surface area contributed by atoms with Gasteiger partial charge in [0.15, 0.2) is 0 Å². The van der Waals surface area contributed by atoms with Crippen LogP contribution in [-0.4, -0.2) is 18.1 Å². The third kappa shape index (κ3) is 3.88. The molecule has 0 aromatic heterocycles. The highest BCUT2D eigenvalue weighted by Gasteiger charge is 2.03. The zero-order valence-corrected chi connectivity index (χ0v) is 10.9. The summed E-state index contributed by atoms with van der Waals surface area (Å²) < 4.78 is 0. The van der Waals surface area contributed by atoms with E-state index in [1.54, 1.807) is 0 Å². The number of aryl methyl sites for hydroxylation is 1. The lowest BCUT2D eigenvalue weighted by atomic mass is 10.0. The summed E-state index contributed by atoms with van der Waals surface area (Å²) in [6.45, 7) is 7.59. The van der Waals surface area contributed by atoms with Crippen LogP contribution in [-0.2, 0) is 6.54 Å². The smallest absolute Gasteiger partial charge is 0.0211 e. The number of benzene rings is 1. The lowest BCUT2D eigenvalue weighted by Crippen LogP contribution is -2.27. The standard InChI is InChI=1S/C13H21NS/c1-10-6-5-7-13(12(10)3)8-14-11(2)9-15-4/h5-7,11,14H,8-9H2,1-4H3. The van der Waals surface area contributed by atoms with Gasteiger partial charge in [0.1, 0.15) is 0 Å². The molecule has 1 nitrogen and oxygen atoms in total. The minimum Gasteiger partial charge on any atom is -0.309 e. The molecule has 0 radical (unpaired) electrons. The minimum atomic E-state index is 0.583. The molecule has 2 heteroatoms. The van der Waals surface area contributed by atoms with Gasteiger partial charge in [-0.05, 0) is 43.7 Å². The second-order valence-corrected chi connectivity index (χ2v) is 5.01. The molecule has 0 aliphatic rings. The van der Waals surface area contributed by atoms with Gasteiger partial charge in [0.2, 0.25) is 0 Å². The first kappa shape index (κ1) is 12.6. The van der Waals surface area contributed by atoms with Crippen molar-refractivity contribution in [3.63, 3.8) is 0 Å². The van der Waals surface area contributed by atoms with Crippen molar-refractivity contribution in [3.05, 3.63) is 34.9 Å². The highest BCUT2D eigenvalue weighted by molar-refractivity contribution is 7.98. The molecule has 1 N–H and O–H groups in total. The predicted molar refractivity (Wildman–Crippen MR) is 70.6 cm³/mol. The van der Waals surface area contributed by atoms with Crippen molar-refractivity contribution in [3.8, 4) is 0 Å². The largest absolute Gasteiger partial charge is 0.309 e. The quantitative estimate of drug-likeness (QED) is 0.823. The molecule has 1 atom stereocenters. The van der Waals surface area contributed by atoms with Gasteiger partial charge < -0.3 is 5.32 Å². The Kier molecular flexibility index (Phi) is 5.20. The summed E-state index contributed by atoms with van der Waals surface area (Å²) in [6.07, 6.45) is 2.15. The molecule has 0 aliphatic carbocycles. The highest BCUT2D eigenvalue weighted by Crippen LogP contribution is 2.12. The lowest BCUT2D eigenvalue weighted by molar-refractivity contribution is 0.594. The van der Waals surface area contributed by atoms with E-state index in [4.69, 9.17) is 0 Å². The first-order valence-electron chi connectivity index (χ1n) is 5.42. The van der Waals surface area contributed by atoms with E-state index in [1.165, 1.54) is 22.4 Å². The molecule has 1 unspecified atom stereocenters. The van der Waals surface area contributed by atoms with Crippen molar-refractivity contribution in [1.29, 1.82) is 0 Å². The maximum atomic E-state index is 3.55. The first-order chi connectivity index (χ1) is 7.15. The molecule has 1 aromatic rings. The number of hydrogen-bond acceptors (Lipinski definition) is 2. The Morgan fingerprint density at radius 3 is 2.73 bits per heavy atom. The number of rotatable bonds is 5. The third-order valence-electron chi connectivity index (χ3n) is 2.77. The van der Waals surface area contributed by atoms with Crippen LogP contribution in [0.2, 0.25) is 0 Å². The Balaban J connectivity index is 2.54. The maximum absolute atomic E-state index is 3.55. The zero-order valence-electron chi connectivity index (χ0n) is 10.1. The second-order valence-electron chi connectivity index (χ2n) is 4.10.